The fourth-order valence-corrected chi connectivity index (χ4v) is 9.35. The summed E-state index contributed by atoms with van der Waals surface area (Å²) >= 11 is 0. The summed E-state index contributed by atoms with van der Waals surface area (Å²) in [6, 6.07) is 0. The first-order valence-electron chi connectivity index (χ1n) is 32.4. The largest absolute Gasteiger partial charge is 0.462 e. The molecule has 0 amide bonds. The standard InChI is InChI=1S/C69H122O6/c1-4-7-10-13-16-19-22-25-28-30-32-34-36-38-41-44-47-50-53-56-59-62-68(71)74-65-66(64-73-67(70)61-58-55-52-49-46-43-40-27-24-21-18-15-12-9-6-3)75-69(72)63-60-57-54-51-48-45-42-39-37-35-33-31-29-26-23-20-17-14-11-8-5-2/h9,12,18,21-22,25,27,30,32,36,38,40,66H,4-8,10-11,13-17,19-20,23-24,26,28-29,31,33-35,37,39,41-65H2,1-3H3/b12-9-,21-18-,25-22-,32-30-,38-36-,40-27-. The number of carbonyl (C=O) groups is 3. The van der Waals surface area contributed by atoms with E-state index in [1.54, 1.807) is 0 Å². The second-order valence-electron chi connectivity index (χ2n) is 21.6. The molecule has 0 aromatic carbocycles. The van der Waals surface area contributed by atoms with Crippen molar-refractivity contribution in [1.29, 1.82) is 0 Å². The SMILES string of the molecule is CC/C=C\C/C=C\C/C=C\CCCCCCCC(=O)OCC(COC(=O)CCCCCCCC/C=C\C/C=C\C/C=C\CCCCCCC)OC(=O)CCCCCCCCCCCCCCCCCCCCCCC. The summed E-state index contributed by atoms with van der Waals surface area (Å²) in [4.78, 5) is 38.3. The Morgan fingerprint density at radius 2 is 0.520 bits per heavy atom. The van der Waals surface area contributed by atoms with Gasteiger partial charge in [-0.3, -0.25) is 14.4 Å². The van der Waals surface area contributed by atoms with E-state index < -0.39 is 6.10 Å². The molecule has 0 saturated carbocycles. The van der Waals surface area contributed by atoms with Crippen LogP contribution < -0.4 is 0 Å². The average Bonchev–Trinajstić information content (AvgIpc) is 3.41. The van der Waals surface area contributed by atoms with Crippen molar-refractivity contribution in [3.8, 4) is 0 Å². The van der Waals surface area contributed by atoms with Crippen LogP contribution in [0.2, 0.25) is 0 Å². The van der Waals surface area contributed by atoms with Crippen LogP contribution in [0, 0.1) is 0 Å². The maximum atomic E-state index is 12.9. The molecule has 0 spiro atoms. The van der Waals surface area contributed by atoms with Crippen molar-refractivity contribution in [3.63, 3.8) is 0 Å². The molecular formula is C69H122O6. The van der Waals surface area contributed by atoms with E-state index in [9.17, 15) is 14.4 Å². The van der Waals surface area contributed by atoms with Gasteiger partial charge in [-0.25, -0.2) is 0 Å². The summed E-state index contributed by atoms with van der Waals surface area (Å²) in [6.45, 7) is 6.54. The Morgan fingerprint density at radius 1 is 0.280 bits per heavy atom. The van der Waals surface area contributed by atoms with Crippen molar-refractivity contribution in [2.75, 3.05) is 13.2 Å². The molecule has 1 unspecified atom stereocenters. The van der Waals surface area contributed by atoms with Gasteiger partial charge in [0.25, 0.3) is 0 Å². The first-order chi connectivity index (χ1) is 37.0. The van der Waals surface area contributed by atoms with E-state index in [4.69, 9.17) is 14.2 Å². The third kappa shape index (κ3) is 61.6. The van der Waals surface area contributed by atoms with Gasteiger partial charge in [0.2, 0.25) is 0 Å². The monoisotopic (exact) mass is 1050 g/mol. The van der Waals surface area contributed by atoms with Gasteiger partial charge in [0.05, 0.1) is 0 Å². The van der Waals surface area contributed by atoms with Crippen LogP contribution in [0.1, 0.15) is 329 Å². The Balaban J connectivity index is 4.37. The molecule has 0 radical (unpaired) electrons. The van der Waals surface area contributed by atoms with E-state index >= 15 is 0 Å². The van der Waals surface area contributed by atoms with Crippen LogP contribution in [0.5, 0.6) is 0 Å². The zero-order valence-corrected chi connectivity index (χ0v) is 49.8. The number of unbranched alkanes of at least 4 members (excludes halogenated alkanes) is 36. The Labute approximate surface area is 465 Å². The summed E-state index contributed by atoms with van der Waals surface area (Å²) in [7, 11) is 0. The van der Waals surface area contributed by atoms with E-state index in [1.165, 1.54) is 173 Å². The topological polar surface area (TPSA) is 78.9 Å². The van der Waals surface area contributed by atoms with E-state index in [1.807, 2.05) is 0 Å². The van der Waals surface area contributed by atoms with Crippen LogP contribution in [-0.2, 0) is 28.6 Å². The van der Waals surface area contributed by atoms with Crippen molar-refractivity contribution in [3.05, 3.63) is 72.9 Å². The summed E-state index contributed by atoms with van der Waals surface area (Å²) in [5.74, 6) is -0.897. The molecule has 0 aromatic heterocycles. The first kappa shape index (κ1) is 71.8. The van der Waals surface area contributed by atoms with E-state index in [0.29, 0.717) is 19.3 Å². The van der Waals surface area contributed by atoms with E-state index in [2.05, 4.69) is 93.7 Å². The van der Waals surface area contributed by atoms with Crippen LogP contribution in [0.25, 0.3) is 0 Å². The lowest BCUT2D eigenvalue weighted by Gasteiger charge is -2.18. The van der Waals surface area contributed by atoms with Gasteiger partial charge in [0.1, 0.15) is 13.2 Å². The molecule has 0 aliphatic heterocycles. The van der Waals surface area contributed by atoms with Crippen LogP contribution in [-0.4, -0.2) is 37.2 Å². The lowest BCUT2D eigenvalue weighted by molar-refractivity contribution is -0.167. The van der Waals surface area contributed by atoms with Gasteiger partial charge in [-0.2, -0.15) is 0 Å². The first-order valence-corrected chi connectivity index (χ1v) is 32.4. The van der Waals surface area contributed by atoms with Gasteiger partial charge in [-0.1, -0.05) is 293 Å². The fraction of sp³-hybridized carbons (Fsp3) is 0.783. The lowest BCUT2D eigenvalue weighted by atomic mass is 10.0. The lowest BCUT2D eigenvalue weighted by Crippen LogP contribution is -2.30. The molecule has 0 saturated heterocycles. The Morgan fingerprint density at radius 3 is 0.813 bits per heavy atom. The average molecular weight is 1050 g/mol. The summed E-state index contributed by atoms with van der Waals surface area (Å²) in [5.41, 5.74) is 0. The molecule has 75 heavy (non-hydrogen) atoms. The highest BCUT2D eigenvalue weighted by atomic mass is 16.6. The molecule has 0 fully saturated rings. The normalized spacial score (nSPS) is 12.5. The zero-order valence-electron chi connectivity index (χ0n) is 49.8. The molecule has 6 heteroatoms. The Hall–Kier alpha value is -3.15. The molecule has 0 aliphatic carbocycles. The van der Waals surface area contributed by atoms with Crippen molar-refractivity contribution < 1.29 is 28.6 Å². The van der Waals surface area contributed by atoms with Gasteiger partial charge >= 0.3 is 17.9 Å². The number of allylic oxidation sites excluding steroid dienone is 12. The summed E-state index contributed by atoms with van der Waals surface area (Å²) in [5, 5.41) is 0. The third-order valence-electron chi connectivity index (χ3n) is 14.2. The van der Waals surface area contributed by atoms with Gasteiger partial charge in [-0.15, -0.1) is 0 Å². The van der Waals surface area contributed by atoms with Crippen LogP contribution >= 0.6 is 0 Å². The van der Waals surface area contributed by atoms with Crippen LogP contribution in [0.4, 0.5) is 0 Å². The highest BCUT2D eigenvalue weighted by Gasteiger charge is 2.19. The van der Waals surface area contributed by atoms with E-state index in [-0.39, 0.29) is 31.1 Å². The molecule has 0 heterocycles. The Bertz CT molecular complexity index is 1390. The molecule has 6 nitrogen and oxygen atoms in total. The number of carbonyl (C=O) groups excluding carboxylic acids is 3. The maximum absolute atomic E-state index is 12.9. The minimum absolute atomic E-state index is 0.0855. The van der Waals surface area contributed by atoms with Crippen molar-refractivity contribution >= 4 is 17.9 Å². The molecule has 0 rings (SSSR count). The molecular weight excluding hydrogens is 925 g/mol. The quantitative estimate of drug-likeness (QED) is 0.0261. The minimum atomic E-state index is -0.788. The zero-order chi connectivity index (χ0) is 54.3. The molecule has 0 aliphatic rings. The van der Waals surface area contributed by atoms with Crippen LogP contribution in [0.3, 0.4) is 0 Å². The van der Waals surface area contributed by atoms with Crippen molar-refractivity contribution in [2.45, 2.75) is 335 Å². The molecule has 0 N–H and O–H groups in total. The second kappa shape index (κ2) is 63.4. The number of esters is 3. The number of rotatable bonds is 59. The van der Waals surface area contributed by atoms with Crippen molar-refractivity contribution in [2.24, 2.45) is 0 Å². The predicted octanol–water partition coefficient (Wildman–Crippen LogP) is 22.1. The predicted molar refractivity (Wildman–Crippen MR) is 325 cm³/mol. The van der Waals surface area contributed by atoms with Crippen molar-refractivity contribution in [1.82, 2.24) is 0 Å². The highest BCUT2D eigenvalue weighted by Crippen LogP contribution is 2.17. The van der Waals surface area contributed by atoms with Crippen LogP contribution in [0.15, 0.2) is 72.9 Å². The van der Waals surface area contributed by atoms with Gasteiger partial charge in [-0.05, 0) is 89.9 Å². The smallest absolute Gasteiger partial charge is 0.306 e. The number of ether oxygens (including phenoxy) is 3. The highest BCUT2D eigenvalue weighted by molar-refractivity contribution is 5.71. The second-order valence-corrected chi connectivity index (χ2v) is 21.6. The minimum Gasteiger partial charge on any atom is -0.462 e. The third-order valence-corrected chi connectivity index (χ3v) is 14.2. The van der Waals surface area contributed by atoms with Gasteiger partial charge in [0, 0.05) is 19.3 Å². The molecule has 1 atom stereocenters. The summed E-state index contributed by atoms with van der Waals surface area (Å²) in [6.07, 6.45) is 81.9. The fourth-order valence-electron chi connectivity index (χ4n) is 9.35. The number of hydrogen-bond acceptors (Lipinski definition) is 6. The molecule has 0 bridgehead atoms. The van der Waals surface area contributed by atoms with Gasteiger partial charge < -0.3 is 14.2 Å². The van der Waals surface area contributed by atoms with E-state index in [0.717, 1.165) is 116 Å². The maximum Gasteiger partial charge on any atom is 0.306 e. The molecule has 0 aromatic rings. The van der Waals surface area contributed by atoms with Gasteiger partial charge in [0.15, 0.2) is 6.10 Å². The number of hydrogen-bond donors (Lipinski definition) is 0. The summed E-state index contributed by atoms with van der Waals surface area (Å²) < 4.78 is 16.9. The Kier molecular flexibility index (Phi) is 60.7. The molecule has 434 valence electrons.